The second kappa shape index (κ2) is 6.23. The van der Waals surface area contributed by atoms with E-state index in [1.165, 1.54) is 5.56 Å². The Kier molecular flexibility index (Phi) is 4.38. The molecule has 0 unspecified atom stereocenters. The van der Waals surface area contributed by atoms with Crippen LogP contribution < -0.4 is 4.74 Å². The molecule has 0 atom stereocenters. The molecular weight excluding hydrogens is 290 g/mol. The number of nitrogens with zero attached hydrogens (tertiary/aromatic N) is 1. The Hall–Kier alpha value is -1.79. The maximum Gasteiger partial charge on any atom is 0.119 e. The molecule has 0 aromatic heterocycles. The van der Waals surface area contributed by atoms with Gasteiger partial charge in [0.2, 0.25) is 0 Å². The smallest absolute Gasteiger partial charge is 0.119 e. The fraction of sp³-hybridized carbons (Fsp3) is 0.133. The average Bonchev–Trinajstić information content (AvgIpc) is 2.46. The highest BCUT2D eigenvalue weighted by molar-refractivity contribution is 9.08. The first-order valence-electron chi connectivity index (χ1n) is 5.58. The van der Waals surface area contributed by atoms with Crippen LogP contribution in [0.1, 0.15) is 16.7 Å². The highest BCUT2D eigenvalue weighted by atomic mass is 79.9. The van der Waals surface area contributed by atoms with E-state index in [-0.39, 0.29) is 0 Å². The van der Waals surface area contributed by atoms with Crippen LogP contribution in [0.2, 0.25) is 0 Å². The predicted octanol–water partition coefficient (Wildman–Crippen LogP) is 4.03. The van der Waals surface area contributed by atoms with Gasteiger partial charge in [0.1, 0.15) is 12.4 Å². The van der Waals surface area contributed by atoms with Crippen LogP contribution in [0.5, 0.6) is 5.75 Å². The second-order valence-electron chi connectivity index (χ2n) is 3.87. The summed E-state index contributed by atoms with van der Waals surface area (Å²) in [5.41, 5.74) is 3.02. The van der Waals surface area contributed by atoms with Crippen molar-refractivity contribution in [3.05, 3.63) is 65.2 Å². The first-order chi connectivity index (χ1) is 8.81. The van der Waals surface area contributed by atoms with Crippen LogP contribution in [0.4, 0.5) is 0 Å². The molecule has 0 saturated heterocycles. The van der Waals surface area contributed by atoms with E-state index in [4.69, 9.17) is 10.00 Å². The molecule has 2 rings (SSSR count). The fourth-order valence-electron chi connectivity index (χ4n) is 1.52. The quantitative estimate of drug-likeness (QED) is 0.799. The molecule has 0 aliphatic heterocycles. The fourth-order valence-corrected chi connectivity index (χ4v) is 1.89. The van der Waals surface area contributed by atoms with E-state index in [2.05, 4.69) is 46.3 Å². The van der Waals surface area contributed by atoms with Crippen molar-refractivity contribution in [1.29, 1.82) is 5.26 Å². The Morgan fingerprint density at radius 1 is 0.944 bits per heavy atom. The summed E-state index contributed by atoms with van der Waals surface area (Å²) in [5.74, 6) is 0.776. The summed E-state index contributed by atoms with van der Waals surface area (Å²) < 4.78 is 5.64. The lowest BCUT2D eigenvalue weighted by molar-refractivity contribution is 0.306. The Morgan fingerprint density at radius 2 is 1.56 bits per heavy atom. The van der Waals surface area contributed by atoms with Crippen LogP contribution in [0, 0.1) is 11.3 Å². The van der Waals surface area contributed by atoms with Gasteiger partial charge in [0.25, 0.3) is 0 Å². The van der Waals surface area contributed by atoms with Gasteiger partial charge in [-0.05, 0) is 35.4 Å². The van der Waals surface area contributed by atoms with Gasteiger partial charge in [-0.15, -0.1) is 0 Å². The first-order valence-corrected chi connectivity index (χ1v) is 6.70. The first kappa shape index (κ1) is 12.7. The van der Waals surface area contributed by atoms with E-state index in [9.17, 15) is 0 Å². The zero-order valence-corrected chi connectivity index (χ0v) is 11.4. The summed E-state index contributed by atoms with van der Waals surface area (Å²) in [6.07, 6.45) is 0. The molecule has 0 heterocycles. The Bertz CT molecular complexity index is 540. The normalized spacial score (nSPS) is 9.78. The van der Waals surface area contributed by atoms with Gasteiger partial charge in [0, 0.05) is 5.33 Å². The minimum atomic E-state index is 0.536. The number of benzene rings is 2. The summed E-state index contributed by atoms with van der Waals surface area (Å²) in [5, 5.41) is 9.56. The second-order valence-corrected chi connectivity index (χ2v) is 4.44. The largest absolute Gasteiger partial charge is 0.489 e. The van der Waals surface area contributed by atoms with Crippen molar-refractivity contribution in [3.63, 3.8) is 0 Å². The highest BCUT2D eigenvalue weighted by Gasteiger charge is 1.97. The van der Waals surface area contributed by atoms with Crippen molar-refractivity contribution < 1.29 is 4.74 Å². The van der Waals surface area contributed by atoms with Crippen molar-refractivity contribution >= 4 is 15.9 Å². The zero-order valence-electron chi connectivity index (χ0n) is 9.77. The maximum atomic E-state index is 8.69. The van der Waals surface area contributed by atoms with Crippen molar-refractivity contribution in [1.82, 2.24) is 0 Å². The summed E-state index contributed by atoms with van der Waals surface area (Å²) >= 11 is 3.41. The van der Waals surface area contributed by atoms with Gasteiger partial charge < -0.3 is 4.74 Å². The van der Waals surface area contributed by atoms with Gasteiger partial charge in [0.05, 0.1) is 11.6 Å². The van der Waals surface area contributed by atoms with Gasteiger partial charge in [0.15, 0.2) is 0 Å². The van der Waals surface area contributed by atoms with E-state index >= 15 is 0 Å². The Balaban J connectivity index is 1.95. The Morgan fingerprint density at radius 3 is 2.11 bits per heavy atom. The number of hydrogen-bond acceptors (Lipinski definition) is 2. The highest BCUT2D eigenvalue weighted by Crippen LogP contribution is 2.14. The molecule has 90 valence electrons. The molecule has 0 N–H and O–H groups in total. The van der Waals surface area contributed by atoms with Gasteiger partial charge in [-0.2, -0.15) is 5.26 Å². The number of hydrogen-bond donors (Lipinski definition) is 0. The van der Waals surface area contributed by atoms with Gasteiger partial charge in [-0.3, -0.25) is 0 Å². The Labute approximate surface area is 115 Å². The van der Waals surface area contributed by atoms with Crippen molar-refractivity contribution in [2.24, 2.45) is 0 Å². The standard InChI is InChI=1S/C15H12BrNO/c16-9-12-1-3-14(4-2-12)11-18-15-7-5-13(10-17)6-8-15/h1-8H,9,11H2. The van der Waals surface area contributed by atoms with Crippen molar-refractivity contribution in [2.45, 2.75) is 11.9 Å². The van der Waals surface area contributed by atoms with E-state index in [0.717, 1.165) is 16.6 Å². The minimum absolute atomic E-state index is 0.536. The van der Waals surface area contributed by atoms with Crippen LogP contribution in [-0.2, 0) is 11.9 Å². The molecule has 0 radical (unpaired) electrons. The lowest BCUT2D eigenvalue weighted by Crippen LogP contribution is -1.95. The molecule has 0 saturated carbocycles. The summed E-state index contributed by atoms with van der Waals surface area (Å²) in [4.78, 5) is 0. The van der Waals surface area contributed by atoms with Crippen LogP contribution in [0.3, 0.4) is 0 Å². The number of alkyl halides is 1. The monoisotopic (exact) mass is 301 g/mol. The predicted molar refractivity (Wildman–Crippen MR) is 74.6 cm³/mol. The van der Waals surface area contributed by atoms with Crippen molar-refractivity contribution in [2.75, 3.05) is 0 Å². The molecule has 3 heteroatoms. The van der Waals surface area contributed by atoms with E-state index in [0.29, 0.717) is 12.2 Å². The molecular formula is C15H12BrNO. The van der Waals surface area contributed by atoms with Crippen LogP contribution >= 0.6 is 15.9 Å². The summed E-state index contributed by atoms with van der Waals surface area (Å²) in [6, 6.07) is 17.5. The lowest BCUT2D eigenvalue weighted by Gasteiger charge is -2.06. The molecule has 0 amide bonds. The molecule has 2 nitrogen and oxygen atoms in total. The summed E-state index contributed by atoms with van der Waals surface area (Å²) in [6.45, 7) is 0.536. The van der Waals surface area contributed by atoms with Gasteiger partial charge in [-0.25, -0.2) is 0 Å². The third-order valence-electron chi connectivity index (χ3n) is 2.57. The number of ether oxygens (including phenoxy) is 1. The molecule has 2 aromatic rings. The molecule has 0 fully saturated rings. The average molecular weight is 302 g/mol. The van der Waals surface area contributed by atoms with Crippen LogP contribution in [0.15, 0.2) is 48.5 Å². The third-order valence-corrected chi connectivity index (χ3v) is 3.21. The number of halogens is 1. The molecule has 18 heavy (non-hydrogen) atoms. The number of nitriles is 1. The van der Waals surface area contributed by atoms with Crippen molar-refractivity contribution in [3.8, 4) is 11.8 Å². The lowest BCUT2D eigenvalue weighted by atomic mass is 10.2. The SMILES string of the molecule is N#Cc1ccc(OCc2ccc(CBr)cc2)cc1. The van der Waals surface area contributed by atoms with Crippen LogP contribution in [0.25, 0.3) is 0 Å². The van der Waals surface area contributed by atoms with Crippen LogP contribution in [-0.4, -0.2) is 0 Å². The zero-order chi connectivity index (χ0) is 12.8. The van der Waals surface area contributed by atoms with Gasteiger partial charge in [-0.1, -0.05) is 40.2 Å². The molecule has 0 aliphatic carbocycles. The third kappa shape index (κ3) is 3.35. The minimum Gasteiger partial charge on any atom is -0.489 e. The summed E-state index contributed by atoms with van der Waals surface area (Å²) in [7, 11) is 0. The molecule has 0 bridgehead atoms. The topological polar surface area (TPSA) is 33.0 Å². The molecule has 0 aliphatic rings. The molecule has 0 spiro atoms. The van der Waals surface area contributed by atoms with E-state index in [1.54, 1.807) is 12.1 Å². The molecule has 2 aromatic carbocycles. The van der Waals surface area contributed by atoms with E-state index in [1.807, 2.05) is 12.1 Å². The maximum absolute atomic E-state index is 8.69. The van der Waals surface area contributed by atoms with E-state index < -0.39 is 0 Å². The number of rotatable bonds is 4. The van der Waals surface area contributed by atoms with Gasteiger partial charge >= 0.3 is 0 Å².